The number of H-pyrrole nitrogens is 1. The van der Waals surface area contributed by atoms with Crippen molar-refractivity contribution in [3.8, 4) is 22.9 Å². The molecule has 66 heavy (non-hydrogen) atoms. The number of benzene rings is 5. The number of aromatic amines is 1. The van der Waals surface area contributed by atoms with Gasteiger partial charge in [0.2, 0.25) is 5.13 Å². The Bertz CT molecular complexity index is 3610. The molecule has 7 rings (SSSR count). The Morgan fingerprint density at radius 1 is 0.773 bits per heavy atom. The molecule has 0 spiro atoms. The average Bonchev–Trinajstić information content (AvgIpc) is 3.78. The number of phenolic OH excluding ortho intramolecular Hbond substituents is 1. The molecule has 24 nitrogen and oxygen atoms in total. The number of phenols is 2. The van der Waals surface area contributed by atoms with Crippen LogP contribution in [0.1, 0.15) is 28.0 Å². The Morgan fingerprint density at radius 2 is 1.44 bits per heavy atom. The SMILES string of the molecule is Cc1cc(N=Nc2ccc3c(S(=O)(=O)O)c(N=Nc4c(C)[nH]n(-c5cc(S(=O)(=O)O)cc(C(=O)O)c5O)c4=O)ccc3c2O)c(OCCCS(=O)(=O)O)cc1N=Nc1nc2ccccc2s1. The Kier molecular flexibility index (Phi) is 12.7. The van der Waals surface area contributed by atoms with Gasteiger partial charge in [0.05, 0.1) is 38.9 Å². The van der Waals surface area contributed by atoms with E-state index in [0.717, 1.165) is 28.4 Å². The van der Waals surface area contributed by atoms with Gasteiger partial charge in [0.25, 0.3) is 35.9 Å². The molecular weight excluding hydrogens is 951 g/mol. The number of ether oxygens (including phenoxy) is 1. The van der Waals surface area contributed by atoms with Gasteiger partial charge in [0.15, 0.2) is 17.2 Å². The number of carboxylic acid groups (broad SMARTS) is 1. The minimum Gasteiger partial charge on any atom is -0.505 e. The number of carbonyl (C=O) groups is 1. The number of hydrogen-bond donors (Lipinski definition) is 7. The van der Waals surface area contributed by atoms with E-state index in [2.05, 4.69) is 40.8 Å². The second kappa shape index (κ2) is 17.9. The third-order valence-corrected chi connectivity index (χ3v) is 12.8. The van der Waals surface area contributed by atoms with Crippen molar-refractivity contribution < 1.29 is 63.8 Å². The van der Waals surface area contributed by atoms with Crippen molar-refractivity contribution in [2.75, 3.05) is 12.4 Å². The van der Waals surface area contributed by atoms with Gasteiger partial charge in [-0.3, -0.25) is 23.6 Å². The van der Waals surface area contributed by atoms with E-state index in [4.69, 9.17) is 9.29 Å². The molecule has 0 unspecified atom stereocenters. The maximum Gasteiger partial charge on any atom is 0.339 e. The monoisotopic (exact) mass is 981 g/mol. The Balaban J connectivity index is 1.23. The van der Waals surface area contributed by atoms with Crippen molar-refractivity contribution in [2.24, 2.45) is 30.7 Å². The molecule has 2 aromatic heterocycles. The summed E-state index contributed by atoms with van der Waals surface area (Å²) >= 11 is 1.31. The minimum absolute atomic E-state index is 0.0553. The molecule has 0 saturated heterocycles. The number of nitrogens with one attached hydrogen (secondary N) is 1. The standard InChI is InChI=1S/C38H31N9O15S4/c1-18-14-28(30(62-12-5-13-64(53,54)55)17-27(18)42-45-38-39-24-6-3-4-7-31(24)63-38)43-40-25-10-9-22-21(33(25)48)8-11-26(35(22)66(59,60)61)41-44-32-19(2)46-47(36(32)50)29-16-20(65(56,57)58)15-23(34(29)49)37(51)52/h3-4,6-11,14-17,46,48-49H,5,12-13H2,1-2H3,(H,51,52)(H,53,54,55)(H,56,57,58)(H,59,60,61). The number of carboxylic acids is 1. The number of aromatic nitrogens is 3. The summed E-state index contributed by atoms with van der Waals surface area (Å²) < 4.78 is 108. The fourth-order valence-electron chi connectivity index (χ4n) is 6.27. The Labute approximate surface area is 375 Å². The van der Waals surface area contributed by atoms with E-state index in [9.17, 15) is 59.3 Å². The van der Waals surface area contributed by atoms with Gasteiger partial charge in [-0.25, -0.2) is 14.5 Å². The number of aryl methyl sites for hydroxylation is 2. The van der Waals surface area contributed by atoms with Crippen molar-refractivity contribution in [1.29, 1.82) is 0 Å². The third-order valence-electron chi connectivity index (χ3n) is 9.34. The van der Waals surface area contributed by atoms with Crippen molar-refractivity contribution in [2.45, 2.75) is 30.1 Å². The molecule has 0 fully saturated rings. The van der Waals surface area contributed by atoms with E-state index in [0.29, 0.717) is 33.2 Å². The summed E-state index contributed by atoms with van der Waals surface area (Å²) in [5.41, 5.74) is -2.59. The van der Waals surface area contributed by atoms with Crippen LogP contribution in [0.2, 0.25) is 0 Å². The van der Waals surface area contributed by atoms with Crippen molar-refractivity contribution in [3.63, 3.8) is 0 Å². The summed E-state index contributed by atoms with van der Waals surface area (Å²) in [5, 5.41) is 58.3. The van der Waals surface area contributed by atoms with Crippen LogP contribution in [0.25, 0.3) is 26.7 Å². The number of fused-ring (bicyclic) bond motifs is 2. The van der Waals surface area contributed by atoms with E-state index < -0.39 is 91.6 Å². The lowest BCUT2D eigenvalue weighted by Crippen LogP contribution is -2.16. The van der Waals surface area contributed by atoms with Crippen LogP contribution in [-0.4, -0.2) is 87.3 Å². The van der Waals surface area contributed by atoms with Crippen LogP contribution in [-0.2, 0) is 30.4 Å². The predicted molar refractivity (Wildman–Crippen MR) is 235 cm³/mol. The first-order chi connectivity index (χ1) is 31.0. The molecule has 7 N–H and O–H groups in total. The average molecular weight is 982 g/mol. The second-order valence-corrected chi connectivity index (χ2v) is 19.3. The number of hydrogen-bond acceptors (Lipinski definition) is 19. The van der Waals surface area contributed by atoms with Gasteiger partial charge >= 0.3 is 5.97 Å². The maximum atomic E-state index is 13.5. The van der Waals surface area contributed by atoms with Gasteiger partial charge in [-0.15, -0.1) is 30.7 Å². The van der Waals surface area contributed by atoms with Crippen LogP contribution < -0.4 is 10.3 Å². The zero-order chi connectivity index (χ0) is 47.9. The van der Waals surface area contributed by atoms with Gasteiger partial charge in [-0.2, -0.15) is 25.3 Å². The van der Waals surface area contributed by atoms with Gasteiger partial charge in [-0.1, -0.05) is 29.5 Å². The summed E-state index contributed by atoms with van der Waals surface area (Å²) in [5.74, 6) is -4.03. The smallest absolute Gasteiger partial charge is 0.339 e. The maximum absolute atomic E-state index is 13.5. The van der Waals surface area contributed by atoms with E-state index in [1.807, 2.05) is 24.3 Å². The van der Waals surface area contributed by atoms with Crippen molar-refractivity contribution in [1.82, 2.24) is 14.8 Å². The quantitative estimate of drug-likeness (QED) is 0.0290. The Hall–Kier alpha value is -7.34. The van der Waals surface area contributed by atoms with E-state index in [-0.39, 0.29) is 46.6 Å². The molecule has 0 saturated carbocycles. The van der Waals surface area contributed by atoms with Crippen LogP contribution in [0.4, 0.5) is 33.6 Å². The molecule has 2 heterocycles. The van der Waals surface area contributed by atoms with Crippen LogP contribution in [0, 0.1) is 13.8 Å². The molecule has 28 heteroatoms. The van der Waals surface area contributed by atoms with Gasteiger partial charge in [0, 0.05) is 16.8 Å². The molecule has 0 amide bonds. The highest BCUT2D eigenvalue weighted by Crippen LogP contribution is 2.43. The van der Waals surface area contributed by atoms with Crippen LogP contribution in [0.15, 0.2) is 118 Å². The fourth-order valence-corrected chi connectivity index (χ4v) is 8.89. The van der Waals surface area contributed by atoms with Crippen LogP contribution >= 0.6 is 11.3 Å². The minimum atomic E-state index is -5.18. The Morgan fingerprint density at radius 3 is 2.12 bits per heavy atom. The summed E-state index contributed by atoms with van der Waals surface area (Å²) in [7, 11) is -14.5. The third kappa shape index (κ3) is 9.97. The number of rotatable bonds is 15. The first-order valence-electron chi connectivity index (χ1n) is 18.5. The van der Waals surface area contributed by atoms with Crippen molar-refractivity contribution in [3.05, 3.63) is 100.0 Å². The topological polar surface area (TPSA) is 375 Å². The fraction of sp³-hybridized carbons (Fsp3) is 0.132. The zero-order valence-corrected chi connectivity index (χ0v) is 36.9. The molecule has 0 aliphatic heterocycles. The second-order valence-electron chi connectivity index (χ2n) is 13.9. The first-order valence-corrected chi connectivity index (χ1v) is 23.8. The summed E-state index contributed by atoms with van der Waals surface area (Å²) in [6.45, 7) is 2.77. The molecular formula is C38H31N9O15S4. The number of aromatic carboxylic acids is 1. The normalized spacial score (nSPS) is 12.7. The molecule has 342 valence electrons. The predicted octanol–water partition coefficient (Wildman–Crippen LogP) is 8.05. The molecule has 0 bridgehead atoms. The highest BCUT2D eigenvalue weighted by molar-refractivity contribution is 7.86. The number of aromatic hydroxyl groups is 2. The number of para-hydroxylation sites is 1. The summed E-state index contributed by atoms with van der Waals surface area (Å²) in [6, 6.07) is 16.0. The summed E-state index contributed by atoms with van der Waals surface area (Å²) in [6.07, 6.45) is -0.105. The van der Waals surface area contributed by atoms with E-state index in [1.54, 1.807) is 6.92 Å². The number of nitrogens with zero attached hydrogens (tertiary/aromatic N) is 8. The zero-order valence-electron chi connectivity index (χ0n) is 33.6. The molecule has 5 aromatic carbocycles. The highest BCUT2D eigenvalue weighted by atomic mass is 32.2. The lowest BCUT2D eigenvalue weighted by Gasteiger charge is -2.11. The molecule has 0 atom stereocenters. The van der Waals surface area contributed by atoms with Crippen LogP contribution in [0.5, 0.6) is 17.2 Å². The van der Waals surface area contributed by atoms with Gasteiger partial charge in [0.1, 0.15) is 39.0 Å². The highest BCUT2D eigenvalue weighted by Gasteiger charge is 2.26. The molecule has 7 aromatic rings. The number of thiazole rings is 1. The molecule has 0 aliphatic rings. The van der Waals surface area contributed by atoms with E-state index in [1.165, 1.54) is 36.5 Å². The lowest BCUT2D eigenvalue weighted by atomic mass is 10.1. The van der Waals surface area contributed by atoms with Gasteiger partial charge in [-0.05, 0) is 74.4 Å². The number of azo groups is 3. The van der Waals surface area contributed by atoms with Gasteiger partial charge < -0.3 is 20.1 Å². The van der Waals surface area contributed by atoms with Crippen LogP contribution in [0.3, 0.4) is 0 Å². The largest absolute Gasteiger partial charge is 0.505 e. The molecule has 0 radical (unpaired) electrons. The van der Waals surface area contributed by atoms with E-state index >= 15 is 0 Å². The molecule has 0 aliphatic carbocycles. The first kappa shape index (κ1) is 46.6. The van der Waals surface area contributed by atoms with Crippen molar-refractivity contribution >= 4 is 102 Å². The summed E-state index contributed by atoms with van der Waals surface area (Å²) in [4.78, 5) is 27.7. The lowest BCUT2D eigenvalue weighted by molar-refractivity contribution is 0.0693.